The summed E-state index contributed by atoms with van der Waals surface area (Å²) in [4.78, 5) is 12.6. The first-order valence-electron chi connectivity index (χ1n) is 10.5. The number of nitrogens with zero attached hydrogens (tertiary/aromatic N) is 3. The van der Waals surface area contributed by atoms with Gasteiger partial charge >= 0.3 is 0 Å². The van der Waals surface area contributed by atoms with Crippen LogP contribution >= 0.6 is 11.8 Å². The first-order valence-corrected chi connectivity index (χ1v) is 11.5. The van der Waals surface area contributed by atoms with Crippen LogP contribution in [0.15, 0.2) is 48.1 Å². The van der Waals surface area contributed by atoms with Gasteiger partial charge in [-0.1, -0.05) is 47.7 Å². The highest BCUT2D eigenvalue weighted by Crippen LogP contribution is 2.24. The van der Waals surface area contributed by atoms with Crippen LogP contribution in [0.1, 0.15) is 33.6 Å². The smallest absolute Gasteiger partial charge is 0.234 e. The monoisotopic (exact) mass is 450 g/mol. The van der Waals surface area contributed by atoms with E-state index in [2.05, 4.69) is 47.2 Å². The van der Waals surface area contributed by atoms with Crippen molar-refractivity contribution in [3.05, 3.63) is 76.6 Å². The molecule has 0 fully saturated rings. The summed E-state index contributed by atoms with van der Waals surface area (Å²) in [5.41, 5.74) is 6.37. The normalized spacial score (nSPS) is 10.8. The number of rotatable bonds is 9. The zero-order valence-corrected chi connectivity index (χ0v) is 20.2. The predicted molar refractivity (Wildman–Crippen MR) is 130 cm³/mol. The van der Waals surface area contributed by atoms with E-state index in [1.165, 1.54) is 17.3 Å². The molecule has 0 bridgehead atoms. The number of anilines is 1. The molecule has 0 atom stereocenters. The molecule has 0 aliphatic carbocycles. The molecule has 0 aliphatic heterocycles. The van der Waals surface area contributed by atoms with Crippen LogP contribution in [0.25, 0.3) is 0 Å². The van der Waals surface area contributed by atoms with E-state index in [-0.39, 0.29) is 11.7 Å². The molecule has 0 saturated carbocycles. The Bertz CT molecular complexity index is 1110. The van der Waals surface area contributed by atoms with Crippen molar-refractivity contribution in [1.29, 1.82) is 0 Å². The van der Waals surface area contributed by atoms with Crippen LogP contribution < -0.4 is 10.1 Å². The Labute approximate surface area is 194 Å². The van der Waals surface area contributed by atoms with Gasteiger partial charge in [-0.05, 0) is 62.9 Å². The van der Waals surface area contributed by atoms with Gasteiger partial charge in [0.25, 0.3) is 0 Å². The fourth-order valence-electron chi connectivity index (χ4n) is 3.53. The van der Waals surface area contributed by atoms with E-state index in [9.17, 15) is 4.79 Å². The van der Waals surface area contributed by atoms with Crippen molar-refractivity contribution in [2.75, 3.05) is 11.1 Å². The van der Waals surface area contributed by atoms with Gasteiger partial charge in [0.2, 0.25) is 5.91 Å². The lowest BCUT2D eigenvalue weighted by Gasteiger charge is -2.13. The number of carbonyl (C=O) groups is 1. The number of allylic oxidation sites excluding steroid dienone is 1. The van der Waals surface area contributed by atoms with Crippen LogP contribution in [0.5, 0.6) is 5.75 Å². The molecule has 168 valence electrons. The van der Waals surface area contributed by atoms with Gasteiger partial charge in [-0.3, -0.25) is 9.36 Å². The van der Waals surface area contributed by atoms with Gasteiger partial charge in [-0.2, -0.15) is 0 Å². The quantitative estimate of drug-likeness (QED) is 0.353. The summed E-state index contributed by atoms with van der Waals surface area (Å²) in [7, 11) is 0. The van der Waals surface area contributed by atoms with E-state index in [1.807, 2.05) is 44.4 Å². The molecule has 0 spiro atoms. The molecule has 1 aromatic heterocycles. The molecule has 6 nitrogen and oxygen atoms in total. The van der Waals surface area contributed by atoms with Crippen LogP contribution in [0, 0.1) is 34.6 Å². The summed E-state index contributed by atoms with van der Waals surface area (Å²) in [5, 5.41) is 12.3. The largest absolute Gasteiger partial charge is 0.485 e. The Morgan fingerprint density at radius 3 is 2.47 bits per heavy atom. The third-order valence-corrected chi connectivity index (χ3v) is 6.05. The minimum absolute atomic E-state index is 0.0774. The maximum Gasteiger partial charge on any atom is 0.234 e. The van der Waals surface area contributed by atoms with E-state index in [4.69, 9.17) is 4.74 Å². The summed E-state index contributed by atoms with van der Waals surface area (Å²) in [6, 6.07) is 10.2. The molecular formula is C25H30N4O2S. The molecule has 32 heavy (non-hydrogen) atoms. The van der Waals surface area contributed by atoms with Crippen LogP contribution in [-0.4, -0.2) is 26.4 Å². The number of hydrogen-bond acceptors (Lipinski definition) is 5. The number of nitrogens with one attached hydrogen (secondary N) is 1. The Kier molecular flexibility index (Phi) is 7.75. The average molecular weight is 451 g/mol. The number of ether oxygens (including phenoxy) is 1. The lowest BCUT2D eigenvalue weighted by atomic mass is 10.1. The van der Waals surface area contributed by atoms with Crippen LogP contribution in [0.3, 0.4) is 0 Å². The summed E-state index contributed by atoms with van der Waals surface area (Å²) < 4.78 is 7.93. The zero-order valence-electron chi connectivity index (χ0n) is 19.4. The van der Waals surface area contributed by atoms with Crippen LogP contribution in [0.2, 0.25) is 0 Å². The molecule has 0 unspecified atom stereocenters. The standard InChI is InChI=1S/C25H30N4O2S/c1-7-10-29-22(14-31-21-13-16(2)8-9-18(21)4)27-28-25(29)32-15-23(30)26-24-19(5)11-17(3)12-20(24)6/h7-9,11-13H,1,10,14-15H2,2-6H3,(H,26,30). The molecule has 7 heteroatoms. The number of aromatic nitrogens is 3. The van der Waals surface area contributed by atoms with Crippen molar-refractivity contribution < 1.29 is 9.53 Å². The third kappa shape index (κ3) is 5.79. The van der Waals surface area contributed by atoms with Gasteiger partial charge in [-0.15, -0.1) is 16.8 Å². The molecule has 1 amide bonds. The Balaban J connectivity index is 1.67. The highest BCUT2D eigenvalue weighted by atomic mass is 32.2. The number of aryl methyl sites for hydroxylation is 5. The van der Waals surface area contributed by atoms with Gasteiger partial charge in [0.05, 0.1) is 5.75 Å². The maximum atomic E-state index is 12.6. The van der Waals surface area contributed by atoms with Gasteiger partial charge in [-0.25, -0.2) is 0 Å². The van der Waals surface area contributed by atoms with Gasteiger partial charge in [0.15, 0.2) is 11.0 Å². The first-order chi connectivity index (χ1) is 15.3. The van der Waals surface area contributed by atoms with Crippen molar-refractivity contribution in [3.8, 4) is 5.75 Å². The number of carbonyl (C=O) groups excluding carboxylic acids is 1. The molecule has 2 aromatic carbocycles. The second-order valence-corrected chi connectivity index (χ2v) is 8.91. The van der Waals surface area contributed by atoms with Crippen molar-refractivity contribution in [2.45, 2.75) is 52.9 Å². The second-order valence-electron chi connectivity index (χ2n) is 7.97. The average Bonchev–Trinajstić information content (AvgIpc) is 3.11. The number of amides is 1. The van der Waals surface area contributed by atoms with E-state index in [0.29, 0.717) is 24.1 Å². The summed E-state index contributed by atoms with van der Waals surface area (Å²) >= 11 is 1.35. The SMILES string of the molecule is C=CCn1c(COc2cc(C)ccc2C)nnc1SCC(=O)Nc1c(C)cc(C)cc1C. The third-order valence-electron chi connectivity index (χ3n) is 5.08. The molecular weight excluding hydrogens is 420 g/mol. The molecule has 0 saturated heterocycles. The Hall–Kier alpha value is -3.06. The lowest BCUT2D eigenvalue weighted by molar-refractivity contribution is -0.113. The Morgan fingerprint density at radius 2 is 1.78 bits per heavy atom. The van der Waals surface area contributed by atoms with E-state index >= 15 is 0 Å². The zero-order chi connectivity index (χ0) is 23.3. The van der Waals surface area contributed by atoms with Gasteiger partial charge in [0, 0.05) is 12.2 Å². The highest BCUT2D eigenvalue weighted by molar-refractivity contribution is 7.99. The molecule has 0 aliphatic rings. The fraction of sp³-hybridized carbons (Fsp3) is 0.320. The first kappa shape index (κ1) is 23.6. The van der Waals surface area contributed by atoms with E-state index in [1.54, 1.807) is 6.08 Å². The number of benzene rings is 2. The number of thioether (sulfide) groups is 1. The summed E-state index contributed by atoms with van der Waals surface area (Å²) in [6.45, 7) is 14.8. The summed E-state index contributed by atoms with van der Waals surface area (Å²) in [6.07, 6.45) is 1.79. The minimum Gasteiger partial charge on any atom is -0.485 e. The molecule has 1 heterocycles. The molecule has 0 radical (unpaired) electrons. The predicted octanol–water partition coefficient (Wildman–Crippen LogP) is 5.32. The minimum atomic E-state index is -0.0774. The highest BCUT2D eigenvalue weighted by Gasteiger charge is 2.15. The molecule has 3 aromatic rings. The van der Waals surface area contributed by atoms with Crippen molar-refractivity contribution >= 4 is 23.4 Å². The second kappa shape index (κ2) is 10.5. The fourth-order valence-corrected chi connectivity index (χ4v) is 4.30. The van der Waals surface area contributed by atoms with Gasteiger partial charge < -0.3 is 10.1 Å². The molecule has 3 rings (SSSR count). The Morgan fingerprint density at radius 1 is 1.06 bits per heavy atom. The van der Waals surface area contributed by atoms with Crippen molar-refractivity contribution in [2.24, 2.45) is 0 Å². The lowest BCUT2D eigenvalue weighted by Crippen LogP contribution is -2.16. The van der Waals surface area contributed by atoms with Crippen LogP contribution in [-0.2, 0) is 17.9 Å². The van der Waals surface area contributed by atoms with Crippen molar-refractivity contribution in [3.63, 3.8) is 0 Å². The van der Waals surface area contributed by atoms with E-state index < -0.39 is 0 Å². The topological polar surface area (TPSA) is 69.0 Å². The van der Waals surface area contributed by atoms with Gasteiger partial charge in [0.1, 0.15) is 12.4 Å². The molecule has 1 N–H and O–H groups in total. The van der Waals surface area contributed by atoms with Crippen LogP contribution in [0.4, 0.5) is 5.69 Å². The maximum absolute atomic E-state index is 12.6. The van der Waals surface area contributed by atoms with Crippen molar-refractivity contribution in [1.82, 2.24) is 14.8 Å². The summed E-state index contributed by atoms with van der Waals surface area (Å²) in [5.74, 6) is 1.68. The number of hydrogen-bond donors (Lipinski definition) is 1. The van der Waals surface area contributed by atoms with E-state index in [0.717, 1.165) is 33.7 Å².